The molecule has 7 nitrogen and oxygen atoms in total. The number of hydrogen-bond acceptors (Lipinski definition) is 4. The Labute approximate surface area is 138 Å². The Morgan fingerprint density at radius 1 is 1.48 bits per heavy atom. The van der Waals surface area contributed by atoms with Crippen molar-refractivity contribution in [2.75, 3.05) is 10.6 Å². The van der Waals surface area contributed by atoms with Gasteiger partial charge in [-0.15, -0.1) is 0 Å². The van der Waals surface area contributed by atoms with Gasteiger partial charge in [-0.05, 0) is 31.5 Å². The second kappa shape index (κ2) is 6.00. The lowest BCUT2D eigenvalue weighted by Crippen LogP contribution is -2.36. The van der Waals surface area contributed by atoms with Crippen LogP contribution >= 0.6 is 11.6 Å². The lowest BCUT2D eigenvalue weighted by Gasteiger charge is -2.21. The third-order valence-corrected chi connectivity index (χ3v) is 4.07. The number of hydrogen-bond donors (Lipinski definition) is 2. The Morgan fingerprint density at radius 2 is 2.26 bits per heavy atom. The van der Waals surface area contributed by atoms with Gasteiger partial charge in [0.2, 0.25) is 17.8 Å². The molecule has 0 unspecified atom stereocenters. The van der Waals surface area contributed by atoms with Crippen LogP contribution in [0.4, 0.5) is 11.6 Å². The molecule has 0 saturated heterocycles. The van der Waals surface area contributed by atoms with E-state index in [1.165, 1.54) is 0 Å². The van der Waals surface area contributed by atoms with Crippen molar-refractivity contribution in [2.45, 2.75) is 26.8 Å². The molecular weight excluding hydrogens is 318 g/mol. The number of halogens is 1. The molecule has 1 aliphatic heterocycles. The summed E-state index contributed by atoms with van der Waals surface area (Å²) >= 11 is 6.04. The van der Waals surface area contributed by atoms with Crippen molar-refractivity contribution in [1.29, 1.82) is 0 Å². The molecule has 2 N–H and O–H groups in total. The van der Waals surface area contributed by atoms with E-state index in [-0.39, 0.29) is 18.2 Å². The summed E-state index contributed by atoms with van der Waals surface area (Å²) in [5.74, 6) is 0.0611. The molecule has 0 bridgehead atoms. The van der Waals surface area contributed by atoms with Crippen molar-refractivity contribution >= 4 is 35.1 Å². The molecule has 1 aromatic carbocycles. The van der Waals surface area contributed by atoms with Gasteiger partial charge >= 0.3 is 0 Å². The van der Waals surface area contributed by atoms with Crippen LogP contribution in [0.25, 0.3) is 0 Å². The summed E-state index contributed by atoms with van der Waals surface area (Å²) < 4.78 is 1.61. The van der Waals surface area contributed by atoms with Crippen molar-refractivity contribution < 1.29 is 9.59 Å². The van der Waals surface area contributed by atoms with Gasteiger partial charge < -0.3 is 5.32 Å². The highest BCUT2D eigenvalue weighted by molar-refractivity contribution is 6.31. The molecule has 3 rings (SSSR count). The Hall–Kier alpha value is -2.41. The van der Waals surface area contributed by atoms with E-state index in [0.717, 1.165) is 5.56 Å². The first-order chi connectivity index (χ1) is 10.9. The normalized spacial score (nSPS) is 16.7. The fourth-order valence-electron chi connectivity index (χ4n) is 2.44. The largest absolute Gasteiger partial charge is 0.326 e. The number of fused-ring (bicyclic) bond motifs is 1. The fourth-order valence-corrected chi connectivity index (χ4v) is 2.62. The van der Waals surface area contributed by atoms with E-state index in [2.05, 4.69) is 20.7 Å². The van der Waals surface area contributed by atoms with Gasteiger partial charge in [0, 0.05) is 17.1 Å². The SMILES string of the molecule is Cc1nc2n(n1)C[C@@H](CC(=O)Nc1ccc(C)c(Cl)c1)C(=O)N2. The summed E-state index contributed by atoms with van der Waals surface area (Å²) in [6.07, 6.45) is 0.0652. The fraction of sp³-hybridized carbons (Fsp3) is 0.333. The molecule has 0 saturated carbocycles. The molecule has 1 aliphatic rings. The van der Waals surface area contributed by atoms with Gasteiger partial charge in [-0.3, -0.25) is 14.9 Å². The molecular formula is C15H16ClN5O2. The van der Waals surface area contributed by atoms with Gasteiger partial charge in [-0.1, -0.05) is 17.7 Å². The van der Waals surface area contributed by atoms with Crippen molar-refractivity contribution in [3.63, 3.8) is 0 Å². The Balaban J connectivity index is 1.66. The zero-order valence-corrected chi connectivity index (χ0v) is 13.5. The summed E-state index contributed by atoms with van der Waals surface area (Å²) in [5.41, 5.74) is 1.55. The maximum atomic E-state index is 12.2. The number of rotatable bonds is 3. The summed E-state index contributed by atoms with van der Waals surface area (Å²) in [4.78, 5) is 28.3. The first-order valence-electron chi connectivity index (χ1n) is 7.20. The predicted octanol–water partition coefficient (Wildman–Crippen LogP) is 2.15. The number of carbonyl (C=O) groups excluding carboxylic acids is 2. The Bertz CT molecular complexity index is 786. The molecule has 23 heavy (non-hydrogen) atoms. The van der Waals surface area contributed by atoms with E-state index in [1.807, 2.05) is 13.0 Å². The smallest absolute Gasteiger partial charge is 0.232 e. The maximum absolute atomic E-state index is 12.2. The summed E-state index contributed by atoms with van der Waals surface area (Å²) in [6, 6.07) is 5.29. The average Bonchev–Trinajstić information content (AvgIpc) is 2.82. The average molecular weight is 334 g/mol. The predicted molar refractivity (Wildman–Crippen MR) is 86.3 cm³/mol. The summed E-state index contributed by atoms with van der Waals surface area (Å²) in [6.45, 7) is 3.97. The topological polar surface area (TPSA) is 88.9 Å². The van der Waals surface area contributed by atoms with E-state index in [1.54, 1.807) is 23.7 Å². The number of benzene rings is 1. The minimum absolute atomic E-state index is 0.0652. The van der Waals surface area contributed by atoms with Crippen LogP contribution in [0.2, 0.25) is 5.02 Å². The molecule has 1 atom stereocenters. The Kier molecular flexibility index (Phi) is 4.04. The number of nitrogens with one attached hydrogen (secondary N) is 2. The van der Waals surface area contributed by atoms with Gasteiger partial charge in [-0.2, -0.15) is 10.1 Å². The summed E-state index contributed by atoms with van der Waals surface area (Å²) in [7, 11) is 0. The van der Waals surface area contributed by atoms with Gasteiger partial charge in [0.05, 0.1) is 12.5 Å². The molecule has 0 fully saturated rings. The number of nitrogens with zero attached hydrogens (tertiary/aromatic N) is 3. The van der Waals surface area contributed by atoms with E-state index in [9.17, 15) is 9.59 Å². The highest BCUT2D eigenvalue weighted by Gasteiger charge is 2.29. The monoisotopic (exact) mass is 333 g/mol. The lowest BCUT2D eigenvalue weighted by molar-refractivity contribution is -0.125. The van der Waals surface area contributed by atoms with Crippen molar-refractivity contribution in [3.05, 3.63) is 34.6 Å². The van der Waals surface area contributed by atoms with Crippen molar-refractivity contribution in [3.8, 4) is 0 Å². The standard InChI is InChI=1S/C15H16ClN5O2/c1-8-3-4-11(6-12(8)16)18-13(22)5-10-7-21-15(19-14(10)23)17-9(2)20-21/h3-4,6,10H,5,7H2,1-2H3,(H,18,22)(H,17,19,20,23)/t10-/m1/s1. The third-order valence-electron chi connectivity index (χ3n) is 3.66. The van der Waals surface area contributed by atoms with Gasteiger partial charge in [-0.25, -0.2) is 4.68 Å². The van der Waals surface area contributed by atoms with E-state index in [4.69, 9.17) is 11.6 Å². The van der Waals surface area contributed by atoms with Gasteiger partial charge in [0.25, 0.3) is 0 Å². The molecule has 0 spiro atoms. The van der Waals surface area contributed by atoms with Crippen molar-refractivity contribution in [1.82, 2.24) is 14.8 Å². The van der Waals surface area contributed by atoms with Crippen LogP contribution in [-0.2, 0) is 16.1 Å². The number of aryl methyl sites for hydroxylation is 2. The van der Waals surface area contributed by atoms with Crippen molar-refractivity contribution in [2.24, 2.45) is 5.92 Å². The van der Waals surface area contributed by atoms with E-state index in [0.29, 0.717) is 29.0 Å². The van der Waals surface area contributed by atoms with Crippen LogP contribution in [0.5, 0.6) is 0 Å². The number of anilines is 2. The quantitative estimate of drug-likeness (QED) is 0.900. The zero-order chi connectivity index (χ0) is 16.6. The number of carbonyl (C=O) groups is 2. The van der Waals surface area contributed by atoms with Crippen LogP contribution in [-0.4, -0.2) is 26.6 Å². The minimum atomic E-state index is -0.482. The molecule has 2 aromatic rings. The molecule has 2 heterocycles. The zero-order valence-electron chi connectivity index (χ0n) is 12.8. The lowest BCUT2D eigenvalue weighted by atomic mass is 10.0. The second-order valence-electron chi connectivity index (χ2n) is 5.57. The highest BCUT2D eigenvalue weighted by Crippen LogP contribution is 2.22. The molecule has 1 aromatic heterocycles. The van der Waals surface area contributed by atoms with Crippen LogP contribution in [0.3, 0.4) is 0 Å². The van der Waals surface area contributed by atoms with E-state index >= 15 is 0 Å². The van der Waals surface area contributed by atoms with E-state index < -0.39 is 5.92 Å². The second-order valence-corrected chi connectivity index (χ2v) is 5.97. The number of aromatic nitrogens is 3. The number of amides is 2. The van der Waals surface area contributed by atoms with Crippen LogP contribution in [0.15, 0.2) is 18.2 Å². The Morgan fingerprint density at radius 3 is 3.00 bits per heavy atom. The molecule has 8 heteroatoms. The minimum Gasteiger partial charge on any atom is -0.326 e. The van der Waals surface area contributed by atoms with Crippen LogP contribution in [0, 0.1) is 19.8 Å². The van der Waals surface area contributed by atoms with Crippen LogP contribution < -0.4 is 10.6 Å². The van der Waals surface area contributed by atoms with Crippen LogP contribution in [0.1, 0.15) is 17.8 Å². The van der Waals surface area contributed by atoms with Gasteiger partial charge in [0.15, 0.2) is 0 Å². The summed E-state index contributed by atoms with van der Waals surface area (Å²) in [5, 5.41) is 10.2. The molecule has 0 aliphatic carbocycles. The molecule has 120 valence electrons. The first kappa shape index (κ1) is 15.5. The van der Waals surface area contributed by atoms with Gasteiger partial charge in [0.1, 0.15) is 5.82 Å². The molecule has 0 radical (unpaired) electrons. The maximum Gasteiger partial charge on any atom is 0.232 e. The first-order valence-corrected chi connectivity index (χ1v) is 7.58. The third kappa shape index (κ3) is 3.34. The highest BCUT2D eigenvalue weighted by atomic mass is 35.5. The molecule has 2 amide bonds.